The van der Waals surface area contributed by atoms with Gasteiger partial charge in [0, 0.05) is 17.2 Å². The van der Waals surface area contributed by atoms with E-state index >= 15 is 0 Å². The number of phenolic OH excluding ortho intramolecular Hbond substituents is 1. The fourth-order valence-electron chi connectivity index (χ4n) is 1.77. The molecule has 0 heterocycles. The highest BCUT2D eigenvalue weighted by Gasteiger charge is 2.10. The van der Waals surface area contributed by atoms with Gasteiger partial charge in [-0.2, -0.15) is 0 Å². The van der Waals surface area contributed by atoms with Crippen LogP contribution in [-0.4, -0.2) is 35.9 Å². The summed E-state index contributed by atoms with van der Waals surface area (Å²) in [7, 11) is 0. The molecule has 0 saturated carbocycles. The van der Waals surface area contributed by atoms with Crippen molar-refractivity contribution in [3.05, 3.63) is 60.2 Å². The molecule has 6 heteroatoms. The third-order valence-corrected chi connectivity index (χ3v) is 3.87. The Balaban J connectivity index is 1.64. The van der Waals surface area contributed by atoms with Gasteiger partial charge in [-0.3, -0.25) is 4.79 Å². The molecule has 0 aliphatic rings. The maximum Gasteiger partial charge on any atom is 0.338 e. The molecule has 0 bridgehead atoms. The molecule has 2 aromatic carbocycles. The topological polar surface area (TPSA) is 75.6 Å². The zero-order chi connectivity index (χ0) is 16.5. The average Bonchev–Trinajstić information content (AvgIpc) is 2.57. The van der Waals surface area contributed by atoms with Crippen LogP contribution < -0.4 is 5.32 Å². The van der Waals surface area contributed by atoms with Gasteiger partial charge in [0.15, 0.2) is 6.61 Å². The lowest BCUT2D eigenvalue weighted by atomic mass is 10.2. The molecule has 0 aliphatic heterocycles. The molecular weight excluding hydrogens is 314 g/mol. The van der Waals surface area contributed by atoms with Crippen molar-refractivity contribution in [2.75, 3.05) is 18.9 Å². The van der Waals surface area contributed by atoms with Crippen LogP contribution >= 0.6 is 11.8 Å². The van der Waals surface area contributed by atoms with E-state index in [-0.39, 0.29) is 23.8 Å². The Hall–Kier alpha value is -2.47. The van der Waals surface area contributed by atoms with Gasteiger partial charge in [-0.15, -0.1) is 11.8 Å². The Bertz CT molecular complexity index is 661. The minimum Gasteiger partial charge on any atom is -0.508 e. The second kappa shape index (κ2) is 8.85. The number of phenols is 1. The predicted octanol–water partition coefficient (Wildman–Crippen LogP) is 2.46. The highest BCUT2D eigenvalue weighted by molar-refractivity contribution is 7.99. The van der Waals surface area contributed by atoms with E-state index in [1.54, 1.807) is 11.8 Å². The molecule has 120 valence electrons. The van der Waals surface area contributed by atoms with Crippen LogP contribution in [0.25, 0.3) is 0 Å². The summed E-state index contributed by atoms with van der Waals surface area (Å²) in [5, 5.41) is 12.0. The number of hydrogen-bond acceptors (Lipinski definition) is 5. The Labute approximate surface area is 138 Å². The van der Waals surface area contributed by atoms with Crippen LogP contribution in [0.15, 0.2) is 59.5 Å². The summed E-state index contributed by atoms with van der Waals surface area (Å²) >= 11 is 1.64. The van der Waals surface area contributed by atoms with Crippen LogP contribution in [0.3, 0.4) is 0 Å². The Kier molecular flexibility index (Phi) is 6.50. The van der Waals surface area contributed by atoms with Crippen LogP contribution in [0.4, 0.5) is 0 Å². The van der Waals surface area contributed by atoms with Gasteiger partial charge in [-0.05, 0) is 30.3 Å². The number of nitrogens with one attached hydrogen (secondary N) is 1. The van der Waals surface area contributed by atoms with E-state index in [1.807, 2.05) is 30.3 Å². The minimum absolute atomic E-state index is 0.0261. The summed E-state index contributed by atoms with van der Waals surface area (Å²) in [6, 6.07) is 15.7. The number of benzene rings is 2. The normalized spacial score (nSPS) is 10.1. The summed E-state index contributed by atoms with van der Waals surface area (Å²) in [6.45, 7) is 0.145. The van der Waals surface area contributed by atoms with Crippen LogP contribution in [0, 0.1) is 0 Å². The number of amides is 1. The first-order valence-corrected chi connectivity index (χ1v) is 8.04. The van der Waals surface area contributed by atoms with Crippen molar-refractivity contribution in [3.8, 4) is 5.75 Å². The smallest absolute Gasteiger partial charge is 0.338 e. The van der Waals surface area contributed by atoms with Crippen LogP contribution in [0.5, 0.6) is 5.75 Å². The lowest BCUT2D eigenvalue weighted by molar-refractivity contribution is -0.124. The summed E-state index contributed by atoms with van der Waals surface area (Å²) in [4.78, 5) is 24.4. The monoisotopic (exact) mass is 331 g/mol. The molecule has 0 aromatic heterocycles. The lowest BCUT2D eigenvalue weighted by Gasteiger charge is -2.07. The molecule has 0 spiro atoms. The van der Waals surface area contributed by atoms with Gasteiger partial charge in [0.05, 0.1) is 5.56 Å². The van der Waals surface area contributed by atoms with Crippen molar-refractivity contribution in [1.82, 2.24) is 5.32 Å². The first-order chi connectivity index (χ1) is 11.1. The molecule has 0 aliphatic carbocycles. The maximum atomic E-state index is 11.7. The quantitative estimate of drug-likeness (QED) is 0.463. The number of ether oxygens (including phenoxy) is 1. The summed E-state index contributed by atoms with van der Waals surface area (Å²) in [5.74, 6) is -0.292. The van der Waals surface area contributed by atoms with Gasteiger partial charge in [0.25, 0.3) is 5.91 Å². The van der Waals surface area contributed by atoms with Gasteiger partial charge in [0.1, 0.15) is 5.75 Å². The highest BCUT2D eigenvalue weighted by Crippen LogP contribution is 2.15. The van der Waals surface area contributed by atoms with Crippen molar-refractivity contribution in [2.24, 2.45) is 0 Å². The zero-order valence-electron chi connectivity index (χ0n) is 12.4. The van der Waals surface area contributed by atoms with Gasteiger partial charge in [0.2, 0.25) is 0 Å². The van der Waals surface area contributed by atoms with E-state index in [9.17, 15) is 14.7 Å². The molecule has 1 amide bonds. The van der Waals surface area contributed by atoms with Gasteiger partial charge in [-0.1, -0.05) is 24.3 Å². The number of rotatable bonds is 7. The second-order valence-electron chi connectivity index (χ2n) is 4.64. The molecule has 0 saturated heterocycles. The maximum absolute atomic E-state index is 11.7. The number of carbonyl (C=O) groups is 2. The summed E-state index contributed by atoms with van der Waals surface area (Å²) in [5.41, 5.74) is 0.206. The first kappa shape index (κ1) is 16.9. The third kappa shape index (κ3) is 6.04. The highest BCUT2D eigenvalue weighted by atomic mass is 32.2. The Morgan fingerprint density at radius 2 is 1.87 bits per heavy atom. The Morgan fingerprint density at radius 3 is 2.61 bits per heavy atom. The first-order valence-electron chi connectivity index (χ1n) is 7.06. The van der Waals surface area contributed by atoms with E-state index < -0.39 is 5.97 Å². The molecule has 0 atom stereocenters. The number of carbonyl (C=O) groups excluding carboxylic acids is 2. The van der Waals surface area contributed by atoms with E-state index in [1.165, 1.54) is 24.3 Å². The molecule has 0 fully saturated rings. The van der Waals surface area contributed by atoms with Crippen LogP contribution in [0.1, 0.15) is 10.4 Å². The third-order valence-electron chi connectivity index (χ3n) is 2.85. The molecule has 5 nitrogen and oxygen atoms in total. The van der Waals surface area contributed by atoms with E-state index in [2.05, 4.69) is 5.32 Å². The minimum atomic E-state index is -0.644. The molecule has 2 aromatic rings. The number of esters is 1. The fraction of sp³-hybridized carbons (Fsp3) is 0.176. The van der Waals surface area contributed by atoms with Gasteiger partial charge >= 0.3 is 5.97 Å². The standard InChI is InChI=1S/C17H17NO4S/c19-14-6-4-5-13(11-14)17(21)22-12-16(20)18-9-10-23-15-7-2-1-3-8-15/h1-8,11,19H,9-10,12H2,(H,18,20). The van der Waals surface area contributed by atoms with Crippen molar-refractivity contribution in [3.63, 3.8) is 0 Å². The molecule has 0 unspecified atom stereocenters. The molecule has 2 rings (SSSR count). The van der Waals surface area contributed by atoms with Crippen molar-refractivity contribution < 1.29 is 19.4 Å². The Morgan fingerprint density at radius 1 is 1.09 bits per heavy atom. The molecule has 2 N–H and O–H groups in total. The lowest BCUT2D eigenvalue weighted by Crippen LogP contribution is -2.30. The summed E-state index contributed by atoms with van der Waals surface area (Å²) < 4.78 is 4.89. The number of hydrogen-bond donors (Lipinski definition) is 2. The largest absolute Gasteiger partial charge is 0.508 e. The molecule has 23 heavy (non-hydrogen) atoms. The van der Waals surface area contributed by atoms with E-state index in [0.29, 0.717) is 6.54 Å². The van der Waals surface area contributed by atoms with Crippen molar-refractivity contribution in [2.45, 2.75) is 4.90 Å². The van der Waals surface area contributed by atoms with E-state index in [4.69, 9.17) is 4.74 Å². The number of thioether (sulfide) groups is 1. The van der Waals surface area contributed by atoms with Gasteiger partial charge in [-0.25, -0.2) is 4.79 Å². The zero-order valence-corrected chi connectivity index (χ0v) is 13.2. The predicted molar refractivity (Wildman–Crippen MR) is 88.6 cm³/mol. The molecular formula is C17H17NO4S. The number of aromatic hydroxyl groups is 1. The van der Waals surface area contributed by atoms with Crippen LogP contribution in [0.2, 0.25) is 0 Å². The van der Waals surface area contributed by atoms with Crippen molar-refractivity contribution >= 4 is 23.6 Å². The van der Waals surface area contributed by atoms with Gasteiger partial charge < -0.3 is 15.2 Å². The van der Waals surface area contributed by atoms with Crippen LogP contribution in [-0.2, 0) is 9.53 Å². The average molecular weight is 331 g/mol. The van der Waals surface area contributed by atoms with Crippen molar-refractivity contribution in [1.29, 1.82) is 0 Å². The summed E-state index contributed by atoms with van der Waals surface area (Å²) in [6.07, 6.45) is 0. The van der Waals surface area contributed by atoms with E-state index in [0.717, 1.165) is 10.6 Å². The SMILES string of the molecule is O=C(COC(=O)c1cccc(O)c1)NCCSc1ccccc1. The second-order valence-corrected chi connectivity index (χ2v) is 5.81. The fourth-order valence-corrected chi connectivity index (χ4v) is 2.56. The molecule has 0 radical (unpaired) electrons.